The molecule has 0 amide bonds. The number of nitrogens with one attached hydrogen (secondary N) is 1. The molecule has 0 bridgehead atoms. The van der Waals surface area contributed by atoms with Crippen molar-refractivity contribution in [2.75, 3.05) is 36.4 Å². The van der Waals surface area contributed by atoms with Gasteiger partial charge in [0.1, 0.15) is 17.5 Å². The van der Waals surface area contributed by atoms with Crippen LogP contribution in [0.5, 0.6) is 0 Å². The molecule has 0 unspecified atom stereocenters. The van der Waals surface area contributed by atoms with Crippen LogP contribution in [0.1, 0.15) is 43.2 Å². The molecule has 38 heavy (non-hydrogen) atoms. The van der Waals surface area contributed by atoms with Gasteiger partial charge in [-0.1, -0.05) is 24.6 Å². The third-order valence-electron chi connectivity index (χ3n) is 7.43. The van der Waals surface area contributed by atoms with Crippen LogP contribution in [0.15, 0.2) is 48.7 Å². The number of rotatable bonds is 6. The molecule has 2 aromatic carbocycles. The molecule has 10 heteroatoms. The van der Waals surface area contributed by atoms with Crippen LogP contribution in [-0.2, 0) is 12.7 Å². The van der Waals surface area contributed by atoms with E-state index in [1.165, 1.54) is 43.7 Å². The number of anilines is 2. The van der Waals surface area contributed by atoms with E-state index in [9.17, 15) is 22.0 Å². The van der Waals surface area contributed by atoms with E-state index in [-0.39, 0.29) is 23.5 Å². The van der Waals surface area contributed by atoms with Gasteiger partial charge in [-0.05, 0) is 68.6 Å². The molecule has 0 spiro atoms. The smallest absolute Gasteiger partial charge is 0.365 e. The fraction of sp³-hybridized carbons (Fsp3) is 0.429. The Morgan fingerprint density at radius 3 is 2.26 bits per heavy atom. The molecule has 0 radical (unpaired) electrons. The topological polar surface area (TPSA) is 44.3 Å². The fourth-order valence-corrected chi connectivity index (χ4v) is 5.32. The predicted octanol–water partition coefficient (Wildman–Crippen LogP) is 6.51. The molecule has 2 saturated heterocycles. The number of benzene rings is 2. The second-order valence-electron chi connectivity index (χ2n) is 9.88. The number of nitrogens with zero attached hydrogens (tertiary/aromatic N) is 4. The molecule has 0 atom stereocenters. The van der Waals surface area contributed by atoms with Crippen molar-refractivity contribution in [2.24, 2.45) is 0 Å². The molecular formula is C28H30F5N5. The summed E-state index contributed by atoms with van der Waals surface area (Å²) in [6, 6.07) is 8.99. The number of alkyl halides is 3. The Hall–Kier alpha value is -3.27. The first kappa shape index (κ1) is 26.3. The lowest BCUT2D eigenvalue weighted by molar-refractivity contribution is -0.137. The molecule has 0 aliphatic carbocycles. The highest BCUT2D eigenvalue weighted by Crippen LogP contribution is 2.35. The minimum atomic E-state index is -4.51. The number of aromatic nitrogens is 2. The van der Waals surface area contributed by atoms with Crippen LogP contribution in [-0.4, -0.2) is 47.1 Å². The fourth-order valence-electron chi connectivity index (χ4n) is 5.32. The van der Waals surface area contributed by atoms with Crippen LogP contribution in [0, 0.1) is 11.6 Å². The van der Waals surface area contributed by atoms with Crippen LogP contribution in [0.3, 0.4) is 0 Å². The van der Waals surface area contributed by atoms with Gasteiger partial charge in [0.2, 0.25) is 5.95 Å². The van der Waals surface area contributed by atoms with E-state index in [2.05, 4.69) is 25.1 Å². The lowest BCUT2D eigenvalue weighted by Gasteiger charge is -2.40. The molecule has 3 heterocycles. The van der Waals surface area contributed by atoms with E-state index in [1.807, 2.05) is 0 Å². The third-order valence-corrected chi connectivity index (χ3v) is 7.43. The van der Waals surface area contributed by atoms with E-state index in [0.29, 0.717) is 17.6 Å². The Morgan fingerprint density at radius 2 is 1.58 bits per heavy atom. The summed E-state index contributed by atoms with van der Waals surface area (Å²) < 4.78 is 68.7. The Bertz CT molecular complexity index is 1230. The summed E-state index contributed by atoms with van der Waals surface area (Å²) in [5, 5.41) is 2.96. The summed E-state index contributed by atoms with van der Waals surface area (Å²) >= 11 is 0. The zero-order valence-corrected chi connectivity index (χ0v) is 20.9. The van der Waals surface area contributed by atoms with E-state index in [0.717, 1.165) is 63.3 Å². The molecule has 5 rings (SSSR count). The Morgan fingerprint density at radius 1 is 0.895 bits per heavy atom. The minimum Gasteiger partial charge on any atom is -0.365 e. The van der Waals surface area contributed by atoms with Gasteiger partial charge >= 0.3 is 6.18 Å². The average molecular weight is 532 g/mol. The van der Waals surface area contributed by atoms with Crippen molar-refractivity contribution >= 4 is 11.8 Å². The molecule has 202 valence electrons. The largest absolute Gasteiger partial charge is 0.416 e. The first-order valence-corrected chi connectivity index (χ1v) is 13.0. The molecule has 5 nitrogen and oxygen atoms in total. The summed E-state index contributed by atoms with van der Waals surface area (Å²) in [5.41, 5.74) is -0.401. The molecule has 0 saturated carbocycles. The molecule has 2 fully saturated rings. The maximum Gasteiger partial charge on any atom is 0.416 e. The van der Waals surface area contributed by atoms with Crippen molar-refractivity contribution in [3.8, 4) is 11.1 Å². The summed E-state index contributed by atoms with van der Waals surface area (Å²) in [4.78, 5) is 13.8. The SMILES string of the molecule is Fc1cccc(F)c1CNc1nc(N2CCC(N3CCCCC3)CC2)ncc1-c1cccc(C(F)(F)F)c1. The van der Waals surface area contributed by atoms with Crippen LogP contribution < -0.4 is 10.2 Å². The normalized spacial score (nSPS) is 17.6. The summed E-state index contributed by atoms with van der Waals surface area (Å²) in [5.74, 6) is -0.774. The third kappa shape index (κ3) is 5.90. The Balaban J connectivity index is 1.41. The molecule has 2 aliphatic heterocycles. The number of hydrogen-bond acceptors (Lipinski definition) is 5. The second-order valence-corrected chi connectivity index (χ2v) is 9.88. The first-order valence-electron chi connectivity index (χ1n) is 13.0. The molecule has 1 aromatic heterocycles. The van der Waals surface area contributed by atoms with Crippen molar-refractivity contribution in [1.82, 2.24) is 14.9 Å². The first-order chi connectivity index (χ1) is 18.3. The lowest BCUT2D eigenvalue weighted by Crippen LogP contribution is -2.47. The van der Waals surface area contributed by atoms with Gasteiger partial charge in [0.05, 0.1) is 5.56 Å². The summed E-state index contributed by atoms with van der Waals surface area (Å²) in [6.45, 7) is 3.55. The standard InChI is InChI=1S/C28H30F5N5/c29-24-8-5-9-25(30)23(24)18-34-26-22(19-6-4-7-20(16-19)28(31,32)33)17-35-27(36-26)38-14-10-21(11-15-38)37-12-2-1-3-13-37/h4-9,16-17,21H,1-3,10-15,18H2,(H,34,35,36). The monoisotopic (exact) mass is 531 g/mol. The van der Waals surface area contributed by atoms with Crippen LogP contribution in [0.25, 0.3) is 11.1 Å². The molecule has 3 aromatic rings. The van der Waals surface area contributed by atoms with Gasteiger partial charge < -0.3 is 15.1 Å². The highest BCUT2D eigenvalue weighted by molar-refractivity contribution is 5.76. The van der Waals surface area contributed by atoms with E-state index in [1.54, 1.807) is 0 Å². The minimum absolute atomic E-state index is 0.176. The van der Waals surface area contributed by atoms with Crippen LogP contribution >= 0.6 is 0 Å². The maximum absolute atomic E-state index is 14.3. The van der Waals surface area contributed by atoms with Gasteiger partial charge in [0.15, 0.2) is 0 Å². The summed E-state index contributed by atoms with van der Waals surface area (Å²) in [7, 11) is 0. The highest BCUT2D eigenvalue weighted by atomic mass is 19.4. The van der Waals surface area contributed by atoms with Crippen molar-refractivity contribution in [3.63, 3.8) is 0 Å². The zero-order chi connectivity index (χ0) is 26.7. The van der Waals surface area contributed by atoms with E-state index >= 15 is 0 Å². The number of likely N-dealkylation sites (tertiary alicyclic amines) is 1. The van der Waals surface area contributed by atoms with Gasteiger partial charge in [-0.15, -0.1) is 0 Å². The van der Waals surface area contributed by atoms with Gasteiger partial charge in [-0.2, -0.15) is 18.2 Å². The quantitative estimate of drug-likeness (QED) is 0.368. The van der Waals surface area contributed by atoms with Crippen molar-refractivity contribution in [1.29, 1.82) is 0 Å². The molecule has 1 N–H and O–H groups in total. The van der Waals surface area contributed by atoms with Gasteiger partial charge in [0.25, 0.3) is 0 Å². The zero-order valence-electron chi connectivity index (χ0n) is 20.9. The van der Waals surface area contributed by atoms with Crippen LogP contribution in [0.2, 0.25) is 0 Å². The van der Waals surface area contributed by atoms with Crippen molar-refractivity contribution in [2.45, 2.75) is 50.9 Å². The van der Waals surface area contributed by atoms with Gasteiger partial charge in [0, 0.05) is 43.0 Å². The van der Waals surface area contributed by atoms with E-state index in [4.69, 9.17) is 0 Å². The number of piperidine rings is 2. The highest BCUT2D eigenvalue weighted by Gasteiger charge is 2.31. The lowest BCUT2D eigenvalue weighted by atomic mass is 10.00. The maximum atomic E-state index is 14.3. The second kappa shape index (κ2) is 11.2. The number of hydrogen-bond donors (Lipinski definition) is 1. The Labute approximate surface area is 218 Å². The van der Waals surface area contributed by atoms with Gasteiger partial charge in [-0.25, -0.2) is 13.8 Å². The van der Waals surface area contributed by atoms with Gasteiger partial charge in [-0.3, -0.25) is 0 Å². The Kier molecular flexibility index (Phi) is 7.78. The number of halogens is 5. The van der Waals surface area contributed by atoms with Crippen molar-refractivity contribution < 1.29 is 22.0 Å². The van der Waals surface area contributed by atoms with E-state index < -0.39 is 23.4 Å². The van der Waals surface area contributed by atoms with Crippen LogP contribution in [0.4, 0.5) is 33.7 Å². The average Bonchev–Trinajstić information content (AvgIpc) is 2.93. The molecular weight excluding hydrogens is 501 g/mol. The summed E-state index contributed by atoms with van der Waals surface area (Å²) in [6.07, 6.45) is 2.67. The predicted molar refractivity (Wildman–Crippen MR) is 137 cm³/mol. The molecule has 2 aliphatic rings. The van der Waals surface area contributed by atoms with Crippen molar-refractivity contribution in [3.05, 3.63) is 71.4 Å².